The summed E-state index contributed by atoms with van der Waals surface area (Å²) in [5, 5.41) is 3.14. The van der Waals surface area contributed by atoms with Crippen LogP contribution in [0.2, 0.25) is 6.04 Å². The van der Waals surface area contributed by atoms with E-state index in [1.807, 2.05) is 6.92 Å². The van der Waals surface area contributed by atoms with Crippen LogP contribution < -0.4 is 11.1 Å². The average Bonchev–Trinajstić information content (AvgIpc) is 2.04. The summed E-state index contributed by atoms with van der Waals surface area (Å²) in [6, 6.07) is 1.03. The van der Waals surface area contributed by atoms with Crippen molar-refractivity contribution in [1.82, 2.24) is 5.32 Å². The van der Waals surface area contributed by atoms with E-state index >= 15 is 0 Å². The fraction of sp³-hybridized carbons (Fsp3) is 1.00. The van der Waals surface area contributed by atoms with E-state index in [9.17, 15) is 0 Å². The van der Waals surface area contributed by atoms with Crippen molar-refractivity contribution in [2.24, 2.45) is 5.73 Å². The second kappa shape index (κ2) is 7.69. The first kappa shape index (κ1) is 12.1. The summed E-state index contributed by atoms with van der Waals surface area (Å²) >= 11 is 0. The van der Waals surface area contributed by atoms with Crippen LogP contribution in [0.4, 0.5) is 0 Å². The maximum Gasteiger partial charge on any atom is 0.320 e. The van der Waals surface area contributed by atoms with E-state index in [0.717, 1.165) is 19.0 Å². The lowest BCUT2D eigenvalue weighted by molar-refractivity contribution is 0.276. The topological polar surface area (TPSA) is 56.5 Å². The molecular formula is C7H20N2O2Si. The second-order valence-electron chi connectivity index (χ2n) is 2.79. The average molecular weight is 192 g/mol. The molecule has 0 aromatic rings. The lowest BCUT2D eigenvalue weighted by Crippen LogP contribution is -2.35. The SMILES string of the molecule is CO[SiH](CCCNC(C)N)OC. The molecule has 74 valence electrons. The predicted octanol–water partition coefficient (Wildman–Crippen LogP) is -0.216. The van der Waals surface area contributed by atoms with Gasteiger partial charge < -0.3 is 19.9 Å². The molecule has 0 saturated heterocycles. The highest BCUT2D eigenvalue weighted by atomic mass is 28.3. The van der Waals surface area contributed by atoms with Crippen LogP contribution in [0.25, 0.3) is 0 Å². The molecule has 0 aliphatic rings. The van der Waals surface area contributed by atoms with Gasteiger partial charge >= 0.3 is 9.28 Å². The minimum atomic E-state index is -1.34. The number of nitrogens with two attached hydrogens (primary N) is 1. The summed E-state index contributed by atoms with van der Waals surface area (Å²) in [5.41, 5.74) is 5.51. The molecule has 3 N–H and O–H groups in total. The van der Waals surface area contributed by atoms with E-state index in [2.05, 4.69) is 5.32 Å². The van der Waals surface area contributed by atoms with Crippen molar-refractivity contribution in [2.45, 2.75) is 25.6 Å². The van der Waals surface area contributed by atoms with Crippen LogP contribution in [-0.2, 0) is 8.85 Å². The zero-order valence-electron chi connectivity index (χ0n) is 8.17. The summed E-state index contributed by atoms with van der Waals surface area (Å²) in [6.45, 7) is 2.87. The molecule has 0 radical (unpaired) electrons. The molecule has 4 nitrogen and oxygen atoms in total. The van der Waals surface area contributed by atoms with Crippen LogP contribution in [0.5, 0.6) is 0 Å². The molecule has 0 aromatic carbocycles. The van der Waals surface area contributed by atoms with Gasteiger partial charge in [0.1, 0.15) is 0 Å². The molecule has 5 heteroatoms. The van der Waals surface area contributed by atoms with Crippen LogP contribution in [0.1, 0.15) is 13.3 Å². The number of hydrogen-bond donors (Lipinski definition) is 2. The molecule has 0 aliphatic heterocycles. The second-order valence-corrected chi connectivity index (χ2v) is 5.17. The van der Waals surface area contributed by atoms with Gasteiger partial charge in [-0.1, -0.05) is 0 Å². The minimum absolute atomic E-state index is 0.0789. The minimum Gasteiger partial charge on any atom is -0.400 e. The smallest absolute Gasteiger partial charge is 0.320 e. The van der Waals surface area contributed by atoms with Crippen molar-refractivity contribution in [2.75, 3.05) is 20.8 Å². The first-order valence-corrected chi connectivity index (χ1v) is 6.01. The van der Waals surface area contributed by atoms with E-state index in [1.54, 1.807) is 14.2 Å². The highest BCUT2D eigenvalue weighted by molar-refractivity contribution is 6.44. The quantitative estimate of drug-likeness (QED) is 0.333. The zero-order valence-corrected chi connectivity index (χ0v) is 9.32. The molecule has 12 heavy (non-hydrogen) atoms. The Balaban J connectivity index is 3.17. The van der Waals surface area contributed by atoms with Crippen molar-refractivity contribution < 1.29 is 8.85 Å². The van der Waals surface area contributed by atoms with Crippen LogP contribution in [0.15, 0.2) is 0 Å². The third kappa shape index (κ3) is 6.75. The molecule has 1 atom stereocenters. The normalized spacial score (nSPS) is 13.8. The third-order valence-electron chi connectivity index (χ3n) is 1.61. The molecule has 0 heterocycles. The monoisotopic (exact) mass is 192 g/mol. The van der Waals surface area contributed by atoms with Crippen LogP contribution in [0.3, 0.4) is 0 Å². The molecule has 0 saturated carbocycles. The van der Waals surface area contributed by atoms with Gasteiger partial charge in [0.25, 0.3) is 0 Å². The van der Waals surface area contributed by atoms with Gasteiger partial charge in [0.2, 0.25) is 0 Å². The van der Waals surface area contributed by atoms with E-state index in [-0.39, 0.29) is 6.17 Å². The van der Waals surface area contributed by atoms with E-state index in [0.29, 0.717) is 0 Å². The lowest BCUT2D eigenvalue weighted by atomic mass is 10.4. The lowest BCUT2D eigenvalue weighted by Gasteiger charge is -2.11. The Morgan fingerprint density at radius 3 is 2.42 bits per heavy atom. The summed E-state index contributed by atoms with van der Waals surface area (Å²) in [4.78, 5) is 0. The first-order chi connectivity index (χ1) is 5.70. The van der Waals surface area contributed by atoms with Crippen molar-refractivity contribution in [1.29, 1.82) is 0 Å². The van der Waals surface area contributed by atoms with E-state index in [1.165, 1.54) is 0 Å². The van der Waals surface area contributed by atoms with Crippen molar-refractivity contribution >= 4 is 9.28 Å². The largest absolute Gasteiger partial charge is 0.400 e. The maximum atomic E-state index is 5.51. The summed E-state index contributed by atoms with van der Waals surface area (Å²) < 4.78 is 10.3. The number of nitrogens with one attached hydrogen (secondary N) is 1. The molecule has 0 rings (SSSR count). The van der Waals surface area contributed by atoms with E-state index in [4.69, 9.17) is 14.6 Å². The van der Waals surface area contributed by atoms with Gasteiger partial charge in [-0.15, -0.1) is 0 Å². The number of rotatable bonds is 7. The summed E-state index contributed by atoms with van der Waals surface area (Å²) in [5.74, 6) is 0. The van der Waals surface area contributed by atoms with Crippen LogP contribution in [-0.4, -0.2) is 36.2 Å². The Morgan fingerprint density at radius 2 is 2.00 bits per heavy atom. The van der Waals surface area contributed by atoms with Gasteiger partial charge in [0.15, 0.2) is 0 Å². The van der Waals surface area contributed by atoms with Gasteiger partial charge in [-0.25, -0.2) is 0 Å². The fourth-order valence-electron chi connectivity index (χ4n) is 0.930. The summed E-state index contributed by atoms with van der Waals surface area (Å²) in [7, 11) is 2.08. The Bertz CT molecular complexity index is 99.4. The maximum absolute atomic E-state index is 5.51. The Kier molecular flexibility index (Phi) is 7.73. The number of hydrogen-bond acceptors (Lipinski definition) is 4. The first-order valence-electron chi connectivity index (χ1n) is 4.25. The Morgan fingerprint density at radius 1 is 1.42 bits per heavy atom. The van der Waals surface area contributed by atoms with Crippen LogP contribution in [0, 0.1) is 0 Å². The zero-order chi connectivity index (χ0) is 9.40. The van der Waals surface area contributed by atoms with Crippen molar-refractivity contribution in [3.8, 4) is 0 Å². The molecule has 0 aliphatic carbocycles. The molecule has 0 fully saturated rings. The predicted molar refractivity (Wildman–Crippen MR) is 52.2 cm³/mol. The Hall–Kier alpha value is 0.0569. The molecule has 0 aromatic heterocycles. The highest BCUT2D eigenvalue weighted by Crippen LogP contribution is 1.97. The molecular weight excluding hydrogens is 172 g/mol. The molecule has 0 bridgehead atoms. The van der Waals surface area contributed by atoms with Crippen LogP contribution >= 0.6 is 0 Å². The van der Waals surface area contributed by atoms with Gasteiger partial charge in [-0.2, -0.15) is 0 Å². The molecule has 0 spiro atoms. The van der Waals surface area contributed by atoms with Crippen molar-refractivity contribution in [3.63, 3.8) is 0 Å². The van der Waals surface area contributed by atoms with Crippen molar-refractivity contribution in [3.05, 3.63) is 0 Å². The van der Waals surface area contributed by atoms with Gasteiger partial charge in [0.05, 0.1) is 6.17 Å². The Labute approximate surface area is 76.3 Å². The third-order valence-corrected chi connectivity index (χ3v) is 3.54. The standard InChI is InChI=1S/C7H20N2O2Si/c1-7(8)9-5-4-6-12(10-2)11-3/h7,9,12H,4-6,8H2,1-3H3. The van der Waals surface area contributed by atoms with Gasteiger partial charge in [-0.05, 0) is 25.9 Å². The summed E-state index contributed by atoms with van der Waals surface area (Å²) in [6.07, 6.45) is 1.15. The molecule has 1 unspecified atom stereocenters. The van der Waals surface area contributed by atoms with Gasteiger partial charge in [0, 0.05) is 14.2 Å². The highest BCUT2D eigenvalue weighted by Gasteiger charge is 2.07. The fourth-order valence-corrected chi connectivity index (χ4v) is 2.13. The van der Waals surface area contributed by atoms with E-state index < -0.39 is 9.28 Å². The molecule has 0 amide bonds. The van der Waals surface area contributed by atoms with Gasteiger partial charge in [-0.3, -0.25) is 0 Å².